The first-order valence-corrected chi connectivity index (χ1v) is 5.35. The molecule has 0 saturated carbocycles. The van der Waals surface area contributed by atoms with Crippen LogP contribution in [-0.4, -0.2) is 24.5 Å². The van der Waals surface area contributed by atoms with Crippen molar-refractivity contribution in [3.05, 3.63) is 35.7 Å². The fourth-order valence-corrected chi connectivity index (χ4v) is 2.20. The van der Waals surface area contributed by atoms with E-state index >= 15 is 0 Å². The Morgan fingerprint density at radius 2 is 2.00 bits per heavy atom. The molecule has 0 fully saturated rings. The van der Waals surface area contributed by atoms with E-state index in [9.17, 15) is 5.21 Å². The van der Waals surface area contributed by atoms with Gasteiger partial charge in [0.25, 0.3) is 0 Å². The van der Waals surface area contributed by atoms with Crippen molar-refractivity contribution in [1.82, 2.24) is 0 Å². The SMILES string of the molecule is CC1=C2C=NCCN2c2ccccc2N1O. The third kappa shape index (κ3) is 1.17. The summed E-state index contributed by atoms with van der Waals surface area (Å²) in [6.45, 7) is 3.57. The van der Waals surface area contributed by atoms with Gasteiger partial charge in [0.05, 0.1) is 29.3 Å². The van der Waals surface area contributed by atoms with Gasteiger partial charge < -0.3 is 4.90 Å². The van der Waals surface area contributed by atoms with Crippen molar-refractivity contribution in [2.45, 2.75) is 6.92 Å². The van der Waals surface area contributed by atoms with Gasteiger partial charge in [0.2, 0.25) is 0 Å². The Balaban J connectivity index is 2.22. The monoisotopic (exact) mass is 215 g/mol. The normalized spacial score (nSPS) is 18.6. The minimum Gasteiger partial charge on any atom is -0.335 e. The highest BCUT2D eigenvalue weighted by atomic mass is 16.5. The third-order valence-electron chi connectivity index (χ3n) is 3.05. The summed E-state index contributed by atoms with van der Waals surface area (Å²) in [7, 11) is 0. The van der Waals surface area contributed by atoms with Gasteiger partial charge in [-0.15, -0.1) is 0 Å². The first-order chi connectivity index (χ1) is 7.79. The lowest BCUT2D eigenvalue weighted by atomic mass is 10.1. The fourth-order valence-electron chi connectivity index (χ4n) is 2.20. The van der Waals surface area contributed by atoms with Crippen LogP contribution in [0.1, 0.15) is 6.92 Å². The van der Waals surface area contributed by atoms with Crippen LogP contribution in [-0.2, 0) is 0 Å². The predicted molar refractivity (Wildman–Crippen MR) is 64.1 cm³/mol. The van der Waals surface area contributed by atoms with E-state index in [1.165, 1.54) is 5.06 Å². The van der Waals surface area contributed by atoms with Crippen LogP contribution < -0.4 is 9.96 Å². The Morgan fingerprint density at radius 1 is 1.25 bits per heavy atom. The number of allylic oxidation sites excluding steroid dienone is 2. The molecule has 0 radical (unpaired) electrons. The molecular formula is C12H13N3O. The van der Waals surface area contributed by atoms with E-state index in [2.05, 4.69) is 9.89 Å². The first kappa shape index (κ1) is 9.42. The molecule has 4 nitrogen and oxygen atoms in total. The van der Waals surface area contributed by atoms with Crippen LogP contribution in [0.2, 0.25) is 0 Å². The summed E-state index contributed by atoms with van der Waals surface area (Å²) >= 11 is 0. The van der Waals surface area contributed by atoms with Crippen molar-refractivity contribution >= 4 is 17.6 Å². The maximum absolute atomic E-state index is 10.1. The molecular weight excluding hydrogens is 202 g/mol. The molecule has 0 atom stereocenters. The van der Waals surface area contributed by atoms with Crippen LogP contribution in [0.15, 0.2) is 40.7 Å². The van der Waals surface area contributed by atoms with Crippen LogP contribution in [0.4, 0.5) is 11.4 Å². The molecule has 0 bridgehead atoms. The van der Waals surface area contributed by atoms with Gasteiger partial charge in [-0.3, -0.25) is 10.2 Å². The van der Waals surface area contributed by atoms with E-state index in [0.29, 0.717) is 0 Å². The van der Waals surface area contributed by atoms with E-state index in [-0.39, 0.29) is 0 Å². The average Bonchev–Trinajstić information content (AvgIpc) is 2.36. The number of fused-ring (bicyclic) bond motifs is 3. The first-order valence-electron chi connectivity index (χ1n) is 5.35. The highest BCUT2D eigenvalue weighted by Crippen LogP contribution is 2.38. The molecule has 0 unspecified atom stereocenters. The summed E-state index contributed by atoms with van der Waals surface area (Å²) in [5, 5.41) is 11.3. The standard InChI is InChI=1S/C12H13N3O/c1-9-12-8-13-6-7-14(12)10-4-2-3-5-11(10)15(9)16/h2-5,8,16H,6-7H2,1H3. The lowest BCUT2D eigenvalue weighted by Crippen LogP contribution is -2.38. The van der Waals surface area contributed by atoms with Gasteiger partial charge in [0.15, 0.2) is 0 Å². The van der Waals surface area contributed by atoms with Gasteiger partial charge in [-0.1, -0.05) is 12.1 Å². The predicted octanol–water partition coefficient (Wildman–Crippen LogP) is 2.02. The zero-order chi connectivity index (χ0) is 11.1. The number of benzene rings is 1. The second-order valence-corrected chi connectivity index (χ2v) is 3.96. The van der Waals surface area contributed by atoms with Crippen LogP contribution in [0.25, 0.3) is 0 Å². The third-order valence-corrected chi connectivity index (χ3v) is 3.05. The summed E-state index contributed by atoms with van der Waals surface area (Å²) in [6.07, 6.45) is 1.83. The molecule has 4 heteroatoms. The zero-order valence-corrected chi connectivity index (χ0v) is 9.09. The van der Waals surface area contributed by atoms with Crippen LogP contribution in [0, 0.1) is 0 Å². The molecule has 3 rings (SSSR count). The van der Waals surface area contributed by atoms with E-state index in [0.717, 1.165) is 35.9 Å². The summed E-state index contributed by atoms with van der Waals surface area (Å²) in [5.74, 6) is 0. The quantitative estimate of drug-likeness (QED) is 0.719. The van der Waals surface area contributed by atoms with Crippen LogP contribution in [0.5, 0.6) is 0 Å². The molecule has 0 saturated heterocycles. The summed E-state index contributed by atoms with van der Waals surface area (Å²) < 4.78 is 0. The van der Waals surface area contributed by atoms with Crippen LogP contribution >= 0.6 is 0 Å². The van der Waals surface area contributed by atoms with Gasteiger partial charge in [0, 0.05) is 12.8 Å². The highest BCUT2D eigenvalue weighted by molar-refractivity contribution is 5.92. The maximum atomic E-state index is 10.1. The Kier molecular flexibility index (Phi) is 1.97. The van der Waals surface area contributed by atoms with Gasteiger partial charge >= 0.3 is 0 Å². The number of rotatable bonds is 0. The molecule has 2 aliphatic rings. The van der Waals surface area contributed by atoms with Gasteiger partial charge in [-0.25, -0.2) is 5.06 Å². The van der Waals surface area contributed by atoms with Gasteiger partial charge in [0.1, 0.15) is 0 Å². The zero-order valence-electron chi connectivity index (χ0n) is 9.09. The van der Waals surface area contributed by atoms with Crippen molar-refractivity contribution in [1.29, 1.82) is 0 Å². The molecule has 0 spiro atoms. The van der Waals surface area contributed by atoms with Crippen molar-refractivity contribution in [3.63, 3.8) is 0 Å². The topological polar surface area (TPSA) is 39.1 Å². The molecule has 1 aromatic rings. The van der Waals surface area contributed by atoms with Gasteiger partial charge in [-0.05, 0) is 19.1 Å². The number of para-hydroxylation sites is 2. The smallest absolute Gasteiger partial charge is 0.0926 e. The van der Waals surface area contributed by atoms with Crippen molar-refractivity contribution in [2.24, 2.45) is 4.99 Å². The maximum Gasteiger partial charge on any atom is 0.0926 e. The molecule has 0 amide bonds. The Bertz CT molecular complexity index is 493. The number of hydroxylamine groups is 1. The van der Waals surface area contributed by atoms with Crippen molar-refractivity contribution in [3.8, 4) is 0 Å². The molecule has 0 aliphatic carbocycles. The lowest BCUT2D eigenvalue weighted by Gasteiger charge is -2.38. The molecule has 1 aromatic carbocycles. The summed E-state index contributed by atoms with van der Waals surface area (Å²) in [6, 6.07) is 7.85. The number of hydrogen-bond donors (Lipinski definition) is 1. The largest absolute Gasteiger partial charge is 0.335 e. The van der Waals surface area contributed by atoms with Gasteiger partial charge in [-0.2, -0.15) is 0 Å². The van der Waals surface area contributed by atoms with E-state index in [1.54, 1.807) is 0 Å². The molecule has 16 heavy (non-hydrogen) atoms. The van der Waals surface area contributed by atoms with E-state index < -0.39 is 0 Å². The Morgan fingerprint density at radius 3 is 2.81 bits per heavy atom. The lowest BCUT2D eigenvalue weighted by molar-refractivity contribution is 0.281. The van der Waals surface area contributed by atoms with Crippen molar-refractivity contribution in [2.75, 3.05) is 23.1 Å². The number of aliphatic imine (C=N–C) groups is 1. The summed E-state index contributed by atoms with van der Waals surface area (Å²) in [5.41, 5.74) is 3.67. The minimum absolute atomic E-state index is 0.802. The minimum atomic E-state index is 0.802. The highest BCUT2D eigenvalue weighted by Gasteiger charge is 2.27. The number of nitrogens with zero attached hydrogens (tertiary/aromatic N) is 3. The molecule has 2 aliphatic heterocycles. The van der Waals surface area contributed by atoms with Crippen molar-refractivity contribution < 1.29 is 5.21 Å². The number of hydrogen-bond acceptors (Lipinski definition) is 4. The van der Waals surface area contributed by atoms with Crippen LogP contribution in [0.3, 0.4) is 0 Å². The second-order valence-electron chi connectivity index (χ2n) is 3.96. The number of anilines is 2. The van der Waals surface area contributed by atoms with E-state index in [4.69, 9.17) is 0 Å². The average molecular weight is 215 g/mol. The Labute approximate surface area is 94.1 Å². The molecule has 2 heterocycles. The fraction of sp³-hybridized carbons (Fsp3) is 0.250. The van der Waals surface area contributed by atoms with E-state index in [1.807, 2.05) is 37.4 Å². The summed E-state index contributed by atoms with van der Waals surface area (Å²) in [4.78, 5) is 6.46. The molecule has 82 valence electrons. The Hall–Kier alpha value is -1.81. The second kappa shape index (κ2) is 3.35. The molecule has 0 aromatic heterocycles. The molecule has 1 N–H and O–H groups in total.